The Balaban J connectivity index is 1.71. The minimum atomic E-state index is -1.04. The van der Waals surface area contributed by atoms with E-state index in [-0.39, 0.29) is 83.1 Å². The van der Waals surface area contributed by atoms with Gasteiger partial charge in [0.2, 0.25) is 23.6 Å². The van der Waals surface area contributed by atoms with E-state index < -0.39 is 47.9 Å². The largest absolute Gasteiger partial charge is 0.481 e. The van der Waals surface area contributed by atoms with Gasteiger partial charge in [0.1, 0.15) is 18.7 Å². The minimum Gasteiger partial charge on any atom is -0.481 e. The lowest BCUT2D eigenvalue weighted by atomic mass is 9.97. The summed E-state index contributed by atoms with van der Waals surface area (Å²) in [6.45, 7) is 11.7. The van der Waals surface area contributed by atoms with Crippen molar-refractivity contribution in [1.82, 2.24) is 31.1 Å². The number of primary amides is 1. The quantitative estimate of drug-likeness (QED) is 0.0443. The third-order valence-electron chi connectivity index (χ3n) is 11.6. The van der Waals surface area contributed by atoms with Crippen molar-refractivity contribution in [2.75, 3.05) is 171 Å². The van der Waals surface area contributed by atoms with Crippen molar-refractivity contribution in [1.29, 1.82) is 0 Å². The first kappa shape index (κ1) is 67.8. The average Bonchev–Trinajstić information content (AvgIpc) is 3.41. The number of carbonyl (C=O) groups excluding carboxylic acids is 6. The van der Waals surface area contributed by atoms with Crippen LogP contribution in [0.25, 0.3) is 0 Å². The molecule has 1 aliphatic rings. The Morgan fingerprint density at radius 1 is 0.675 bits per heavy atom. The van der Waals surface area contributed by atoms with Crippen molar-refractivity contribution in [2.45, 2.75) is 71.1 Å². The number of piperidine rings is 1. The molecule has 26 heteroatoms. The molecule has 440 valence electrons. The van der Waals surface area contributed by atoms with Crippen LogP contribution < -0.4 is 32.3 Å². The molecule has 0 radical (unpaired) electrons. The fourth-order valence-electron chi connectivity index (χ4n) is 7.22. The molecule has 26 nitrogen and oxygen atoms in total. The number of amides is 7. The van der Waals surface area contributed by atoms with Gasteiger partial charge in [-0.15, -0.1) is 0 Å². The van der Waals surface area contributed by atoms with Gasteiger partial charge in [0, 0.05) is 58.5 Å². The van der Waals surface area contributed by atoms with Gasteiger partial charge in [-0.2, -0.15) is 0 Å². The van der Waals surface area contributed by atoms with E-state index in [1.807, 2.05) is 0 Å². The van der Waals surface area contributed by atoms with Crippen LogP contribution in [0.4, 0.5) is 15.3 Å². The Morgan fingerprint density at radius 2 is 1.19 bits per heavy atom. The van der Waals surface area contributed by atoms with Crippen molar-refractivity contribution < 1.29 is 86.0 Å². The first-order chi connectivity index (χ1) is 37.2. The number of nitrogens with two attached hydrogens (primary N) is 1. The fraction of sp³-hybridized carbons (Fsp3) is 0.745. The van der Waals surface area contributed by atoms with E-state index in [1.54, 1.807) is 57.2 Å². The highest BCUT2D eigenvalue weighted by atomic mass is 16.6. The number of likely N-dealkylation sites (N-methyl/N-ethyl adjacent to an activating group) is 1. The number of carboxylic acid groups (broad SMARTS) is 1. The summed E-state index contributed by atoms with van der Waals surface area (Å²) in [6, 6.07) is 3.93. The number of likely N-dealkylation sites (tertiary alicyclic amines) is 1. The molecule has 77 heavy (non-hydrogen) atoms. The van der Waals surface area contributed by atoms with Crippen molar-refractivity contribution in [2.24, 2.45) is 17.6 Å². The van der Waals surface area contributed by atoms with E-state index >= 15 is 0 Å². The number of carbonyl (C=O) groups is 7. The second-order valence-corrected chi connectivity index (χ2v) is 18.0. The molecule has 7 amide bonds. The van der Waals surface area contributed by atoms with Gasteiger partial charge < -0.3 is 94.6 Å². The Morgan fingerprint density at radius 3 is 1.70 bits per heavy atom. The molecular weight excluding hydrogens is 1010 g/mol. The number of nitrogens with zero attached hydrogens (tertiary/aromatic N) is 2. The van der Waals surface area contributed by atoms with E-state index in [2.05, 4.69) is 26.6 Å². The minimum absolute atomic E-state index is 0.00372. The maximum atomic E-state index is 13.6. The van der Waals surface area contributed by atoms with Crippen LogP contribution in [0.1, 0.15) is 57.9 Å². The zero-order chi connectivity index (χ0) is 56.3. The second-order valence-electron chi connectivity index (χ2n) is 18.0. The van der Waals surface area contributed by atoms with Gasteiger partial charge in [0.15, 0.2) is 0 Å². The zero-order valence-corrected chi connectivity index (χ0v) is 45.7. The van der Waals surface area contributed by atoms with Crippen LogP contribution in [0.5, 0.6) is 0 Å². The second kappa shape index (κ2) is 43.7. The summed E-state index contributed by atoms with van der Waals surface area (Å²) in [5.74, 6) is -3.06. The van der Waals surface area contributed by atoms with Gasteiger partial charge in [0.05, 0.1) is 125 Å². The van der Waals surface area contributed by atoms with Crippen LogP contribution in [-0.4, -0.2) is 234 Å². The number of hydrogen-bond donors (Lipinski definition) is 7. The van der Waals surface area contributed by atoms with E-state index in [0.29, 0.717) is 143 Å². The Bertz CT molecular complexity index is 1790. The highest BCUT2D eigenvalue weighted by Crippen LogP contribution is 2.18. The number of aliphatic carboxylic acids is 1. The van der Waals surface area contributed by atoms with E-state index in [4.69, 9.17) is 58.2 Å². The molecule has 8 N–H and O–H groups in total. The lowest BCUT2D eigenvalue weighted by Crippen LogP contribution is -2.54. The van der Waals surface area contributed by atoms with E-state index in [1.165, 1.54) is 4.90 Å². The summed E-state index contributed by atoms with van der Waals surface area (Å²) in [4.78, 5) is 91.1. The zero-order valence-electron chi connectivity index (χ0n) is 45.7. The summed E-state index contributed by atoms with van der Waals surface area (Å²) in [5.41, 5.74) is 6.28. The number of hydrogen-bond acceptors (Lipinski definition) is 18. The SMILES string of the molecule is CNCCN(CCOCCOCCOCCOCCC(=O)N1CCC(C(=O)O)CC1)C(=O)OCc1ccc(NC(=O)[C@H](CCCNC(N)=O)NC(=O)[C@@H](NC(=O)CCOCCOCCOCCOCCOC)C(C)C)cc1. The van der Waals surface area contributed by atoms with Crippen LogP contribution >= 0.6 is 0 Å². The molecule has 1 heterocycles. The number of rotatable bonds is 46. The van der Waals surface area contributed by atoms with Gasteiger partial charge >= 0.3 is 18.1 Å². The number of anilines is 1. The predicted octanol–water partition coefficient (Wildman–Crippen LogP) is 0.740. The number of carboxylic acids is 1. The normalized spacial score (nSPS) is 13.4. The molecule has 0 bridgehead atoms. The lowest BCUT2D eigenvalue weighted by Gasteiger charge is -2.30. The van der Waals surface area contributed by atoms with E-state index in [9.17, 15) is 33.6 Å². The maximum absolute atomic E-state index is 13.6. The van der Waals surface area contributed by atoms with Crippen LogP contribution in [-0.2, 0) is 77.9 Å². The van der Waals surface area contributed by atoms with Crippen molar-refractivity contribution in [3.63, 3.8) is 0 Å². The summed E-state index contributed by atoms with van der Waals surface area (Å²) < 4.78 is 54.5. The Labute approximate surface area is 453 Å². The van der Waals surface area contributed by atoms with E-state index in [0.717, 1.165) is 0 Å². The molecule has 0 aliphatic carbocycles. The summed E-state index contributed by atoms with van der Waals surface area (Å²) in [6.07, 6.45) is 1.09. The fourth-order valence-corrected chi connectivity index (χ4v) is 7.22. The third-order valence-corrected chi connectivity index (χ3v) is 11.6. The molecule has 0 unspecified atom stereocenters. The van der Waals surface area contributed by atoms with Crippen LogP contribution in [0, 0.1) is 11.8 Å². The Hall–Kier alpha value is -5.29. The molecule has 2 atom stereocenters. The molecule has 1 aliphatic heterocycles. The maximum Gasteiger partial charge on any atom is 0.410 e. The molecule has 0 saturated carbocycles. The van der Waals surface area contributed by atoms with Gasteiger partial charge in [-0.25, -0.2) is 9.59 Å². The molecule has 1 fully saturated rings. The van der Waals surface area contributed by atoms with Gasteiger partial charge in [-0.1, -0.05) is 26.0 Å². The summed E-state index contributed by atoms with van der Waals surface area (Å²) in [5, 5.41) is 22.9. The molecule has 1 saturated heterocycles. The first-order valence-electron chi connectivity index (χ1n) is 26.5. The molecular formula is C51H88N8O18. The van der Waals surface area contributed by atoms with Crippen molar-refractivity contribution in [3.05, 3.63) is 29.8 Å². The van der Waals surface area contributed by atoms with Crippen LogP contribution in [0.15, 0.2) is 24.3 Å². The van der Waals surface area contributed by atoms with Crippen LogP contribution in [0.3, 0.4) is 0 Å². The van der Waals surface area contributed by atoms with Gasteiger partial charge in [-0.3, -0.25) is 24.0 Å². The van der Waals surface area contributed by atoms with Crippen molar-refractivity contribution in [3.8, 4) is 0 Å². The third kappa shape index (κ3) is 33.6. The summed E-state index contributed by atoms with van der Waals surface area (Å²) in [7, 11) is 3.38. The topological polar surface area (TPSA) is 325 Å². The molecule has 1 aromatic rings. The molecule has 1 aromatic carbocycles. The Kier molecular flexibility index (Phi) is 38.5. The number of urea groups is 1. The van der Waals surface area contributed by atoms with Crippen LogP contribution in [0.2, 0.25) is 0 Å². The molecule has 0 aromatic heterocycles. The molecule has 2 rings (SSSR count). The number of nitrogens with one attached hydrogen (secondary N) is 5. The number of methoxy groups -OCH3 is 1. The van der Waals surface area contributed by atoms with Gasteiger partial charge in [-0.05, 0) is 56.3 Å². The van der Waals surface area contributed by atoms with Crippen molar-refractivity contribution >= 4 is 47.4 Å². The standard InChI is InChI=1S/C51H88N8O18/c1-39(2)46(57-44(60)13-21-69-26-29-73-35-37-76-33-32-72-25-24-68-4)48(63)56-43(6-5-15-54-50(52)66)47(62)55-42-9-7-40(8-10-42)38-77-51(67)59(19-16-53-3)20-23-71-28-31-75-36-34-74-30-27-70-22-14-45(61)58-17-11-41(12-18-58)49(64)65/h7-10,39,41,43,46,53H,5-6,11-38H2,1-4H3,(H,55,62)(H,56,63)(H,57,60)(H,64,65)(H3,52,54,66)/t43-,46-/m0/s1. The van der Waals surface area contributed by atoms with Gasteiger partial charge in [0.25, 0.3) is 0 Å². The number of ether oxygens (including phenoxy) is 10. The smallest absolute Gasteiger partial charge is 0.410 e. The highest BCUT2D eigenvalue weighted by molar-refractivity contribution is 5.98. The monoisotopic (exact) mass is 1100 g/mol. The predicted molar refractivity (Wildman–Crippen MR) is 281 cm³/mol. The first-order valence-corrected chi connectivity index (χ1v) is 26.5. The lowest BCUT2D eigenvalue weighted by molar-refractivity contribution is -0.146. The molecule has 0 spiro atoms. The number of benzene rings is 1. The summed E-state index contributed by atoms with van der Waals surface area (Å²) >= 11 is 0. The highest BCUT2D eigenvalue weighted by Gasteiger charge is 2.29. The average molecular weight is 1100 g/mol.